The molecule has 0 saturated carbocycles. The van der Waals surface area contributed by atoms with Gasteiger partial charge < -0.3 is 19.3 Å². The van der Waals surface area contributed by atoms with Gasteiger partial charge in [0.25, 0.3) is 0 Å². The molecule has 0 bridgehead atoms. The Morgan fingerprint density at radius 3 is 2.76 bits per heavy atom. The van der Waals surface area contributed by atoms with E-state index in [4.69, 9.17) is 19.3 Å². The third kappa shape index (κ3) is 6.15. The molecule has 1 fully saturated rings. The SMILES string of the molecule is C=C1C(=O)O[C@@H]2/C=C(\C)CC/C=C(\COC(C)=O)C[C@@H](OC(=O)/C(C)=C/CO)[C@@H]12. The Labute approximate surface area is 170 Å². The number of esters is 3. The summed E-state index contributed by atoms with van der Waals surface area (Å²) in [6, 6.07) is 0. The molecule has 2 rings (SSSR count). The minimum absolute atomic E-state index is 0.0796. The van der Waals surface area contributed by atoms with E-state index in [1.807, 2.05) is 19.1 Å². The van der Waals surface area contributed by atoms with Crippen molar-refractivity contribution in [3.8, 4) is 0 Å². The van der Waals surface area contributed by atoms with Gasteiger partial charge in [0.15, 0.2) is 0 Å². The van der Waals surface area contributed by atoms with Crippen LogP contribution in [0, 0.1) is 5.92 Å². The molecule has 3 atom stereocenters. The first-order valence-electron chi connectivity index (χ1n) is 9.59. The summed E-state index contributed by atoms with van der Waals surface area (Å²) in [5.74, 6) is -2.07. The van der Waals surface area contributed by atoms with Crippen molar-refractivity contribution in [3.05, 3.63) is 47.1 Å². The van der Waals surface area contributed by atoms with Crippen LogP contribution in [0.2, 0.25) is 0 Å². The van der Waals surface area contributed by atoms with Gasteiger partial charge >= 0.3 is 17.9 Å². The Bertz CT molecular complexity index is 772. The summed E-state index contributed by atoms with van der Waals surface area (Å²) in [4.78, 5) is 35.9. The van der Waals surface area contributed by atoms with Crippen LogP contribution in [0.15, 0.2) is 47.1 Å². The van der Waals surface area contributed by atoms with E-state index in [0.29, 0.717) is 0 Å². The minimum atomic E-state index is -0.738. The highest BCUT2D eigenvalue weighted by Crippen LogP contribution is 2.36. The molecule has 1 heterocycles. The third-order valence-electron chi connectivity index (χ3n) is 4.98. The number of hydrogen-bond donors (Lipinski definition) is 1. The Balaban J connectivity index is 2.39. The molecule has 0 aromatic carbocycles. The van der Waals surface area contributed by atoms with Gasteiger partial charge in [0, 0.05) is 24.5 Å². The van der Waals surface area contributed by atoms with E-state index >= 15 is 0 Å². The van der Waals surface area contributed by atoms with Crippen molar-refractivity contribution in [3.63, 3.8) is 0 Å². The topological polar surface area (TPSA) is 99.1 Å². The van der Waals surface area contributed by atoms with Crippen molar-refractivity contribution >= 4 is 17.9 Å². The number of carbonyl (C=O) groups is 3. The monoisotopic (exact) mass is 404 g/mol. The lowest BCUT2D eigenvalue weighted by molar-refractivity contribution is -0.148. The molecule has 1 aliphatic heterocycles. The summed E-state index contributed by atoms with van der Waals surface area (Å²) in [7, 11) is 0. The van der Waals surface area contributed by atoms with Crippen molar-refractivity contribution in [1.29, 1.82) is 0 Å². The first-order chi connectivity index (χ1) is 13.7. The van der Waals surface area contributed by atoms with E-state index in [1.165, 1.54) is 13.0 Å². The number of hydrogen-bond acceptors (Lipinski definition) is 7. The first-order valence-corrected chi connectivity index (χ1v) is 9.59. The fourth-order valence-electron chi connectivity index (χ4n) is 3.39. The lowest BCUT2D eigenvalue weighted by atomic mass is 9.85. The van der Waals surface area contributed by atoms with Crippen molar-refractivity contribution in [1.82, 2.24) is 0 Å². The second kappa shape index (κ2) is 10.2. The zero-order valence-electron chi connectivity index (χ0n) is 17.1. The maximum Gasteiger partial charge on any atom is 0.334 e. The van der Waals surface area contributed by atoms with Crippen molar-refractivity contribution in [2.75, 3.05) is 13.2 Å². The Morgan fingerprint density at radius 2 is 2.10 bits per heavy atom. The molecule has 1 saturated heterocycles. The van der Waals surface area contributed by atoms with E-state index in [0.717, 1.165) is 24.0 Å². The Hall–Kier alpha value is -2.67. The lowest BCUT2D eigenvalue weighted by Gasteiger charge is -2.28. The van der Waals surface area contributed by atoms with Crippen molar-refractivity contribution in [2.24, 2.45) is 5.92 Å². The van der Waals surface area contributed by atoms with Crippen LogP contribution in [0.5, 0.6) is 0 Å². The van der Waals surface area contributed by atoms with Gasteiger partial charge in [0.1, 0.15) is 18.8 Å². The molecule has 7 heteroatoms. The van der Waals surface area contributed by atoms with Gasteiger partial charge in [-0.3, -0.25) is 4.79 Å². The zero-order chi connectivity index (χ0) is 21.6. The van der Waals surface area contributed by atoms with Gasteiger partial charge in [-0.1, -0.05) is 18.2 Å². The molecule has 7 nitrogen and oxygen atoms in total. The average Bonchev–Trinajstić information content (AvgIpc) is 2.92. The number of fused-ring (bicyclic) bond motifs is 1. The molecule has 0 aromatic rings. The summed E-state index contributed by atoms with van der Waals surface area (Å²) >= 11 is 0. The zero-order valence-corrected chi connectivity index (χ0v) is 17.1. The highest BCUT2D eigenvalue weighted by atomic mass is 16.6. The minimum Gasteiger partial charge on any atom is -0.461 e. The van der Waals surface area contributed by atoms with E-state index in [2.05, 4.69) is 6.58 Å². The summed E-state index contributed by atoms with van der Waals surface area (Å²) in [6.07, 6.45) is 5.64. The van der Waals surface area contributed by atoms with Gasteiger partial charge in [0.05, 0.1) is 12.5 Å². The van der Waals surface area contributed by atoms with Crippen LogP contribution in [0.4, 0.5) is 0 Å². The summed E-state index contributed by atoms with van der Waals surface area (Å²) in [5.41, 5.74) is 2.33. The number of ether oxygens (including phenoxy) is 3. The second-order valence-electron chi connectivity index (χ2n) is 7.33. The summed E-state index contributed by atoms with van der Waals surface area (Å²) in [6.45, 7) is 8.47. The van der Waals surface area contributed by atoms with Crippen LogP contribution in [-0.2, 0) is 28.6 Å². The predicted molar refractivity (Wildman–Crippen MR) is 106 cm³/mol. The number of carbonyl (C=O) groups excluding carboxylic acids is 3. The fraction of sp³-hybridized carbons (Fsp3) is 0.500. The van der Waals surface area contributed by atoms with E-state index in [-0.39, 0.29) is 30.8 Å². The van der Waals surface area contributed by atoms with Crippen molar-refractivity contribution in [2.45, 2.75) is 52.2 Å². The maximum atomic E-state index is 12.5. The van der Waals surface area contributed by atoms with Crippen LogP contribution in [0.3, 0.4) is 0 Å². The highest BCUT2D eigenvalue weighted by Gasteiger charge is 2.44. The van der Waals surface area contributed by atoms with Crippen LogP contribution in [0.1, 0.15) is 40.0 Å². The van der Waals surface area contributed by atoms with Crippen LogP contribution in [0.25, 0.3) is 0 Å². The molecule has 0 unspecified atom stereocenters. The second-order valence-corrected chi connectivity index (χ2v) is 7.33. The normalized spacial score (nSPS) is 29.0. The molecule has 158 valence electrons. The number of aliphatic hydroxyl groups excluding tert-OH is 1. The van der Waals surface area contributed by atoms with Crippen LogP contribution >= 0.6 is 0 Å². The number of rotatable bonds is 5. The smallest absolute Gasteiger partial charge is 0.334 e. The number of allylic oxidation sites excluding steroid dienone is 2. The Morgan fingerprint density at radius 1 is 1.38 bits per heavy atom. The Kier molecular flexibility index (Phi) is 7.96. The maximum absolute atomic E-state index is 12.5. The molecular weight excluding hydrogens is 376 g/mol. The molecule has 1 aliphatic carbocycles. The molecule has 0 aromatic heterocycles. The highest BCUT2D eigenvalue weighted by molar-refractivity contribution is 5.92. The summed E-state index contributed by atoms with van der Waals surface area (Å²) < 4.78 is 16.3. The van der Waals surface area contributed by atoms with E-state index < -0.39 is 36.0 Å². The largest absolute Gasteiger partial charge is 0.461 e. The van der Waals surface area contributed by atoms with Crippen LogP contribution in [-0.4, -0.2) is 48.4 Å². The van der Waals surface area contributed by atoms with Gasteiger partial charge in [0.2, 0.25) is 0 Å². The predicted octanol–water partition coefficient (Wildman–Crippen LogP) is 2.55. The molecule has 29 heavy (non-hydrogen) atoms. The molecular formula is C22H28O7. The fourth-order valence-corrected chi connectivity index (χ4v) is 3.39. The van der Waals surface area contributed by atoms with Crippen molar-refractivity contribution < 1.29 is 33.7 Å². The summed E-state index contributed by atoms with van der Waals surface area (Å²) in [5, 5.41) is 9.03. The number of aliphatic hydroxyl groups is 1. The molecule has 2 aliphatic rings. The standard InChI is InChI=1S/C22H28O7/c1-13-6-5-7-17(12-27-16(4)24)11-19(28-21(25)14(2)8-9-23)20-15(3)22(26)29-18(20)10-13/h7-8,10,18-20,23H,3,5-6,9,11-12H2,1-2,4H3/b13-10+,14-8+,17-7-/t18-,19-,20+/m1/s1. The van der Waals surface area contributed by atoms with E-state index in [1.54, 1.807) is 6.92 Å². The van der Waals surface area contributed by atoms with E-state index in [9.17, 15) is 14.4 Å². The molecule has 0 radical (unpaired) electrons. The average molecular weight is 404 g/mol. The van der Waals surface area contributed by atoms with Gasteiger partial charge in [-0.2, -0.15) is 0 Å². The molecule has 0 amide bonds. The first kappa shape index (κ1) is 22.6. The van der Waals surface area contributed by atoms with Gasteiger partial charge in [-0.05, 0) is 44.4 Å². The third-order valence-corrected chi connectivity index (χ3v) is 4.98. The van der Waals surface area contributed by atoms with Gasteiger partial charge in [-0.25, -0.2) is 9.59 Å². The molecule has 1 N–H and O–H groups in total. The quantitative estimate of drug-likeness (QED) is 0.325. The van der Waals surface area contributed by atoms with Crippen LogP contribution < -0.4 is 0 Å². The lowest BCUT2D eigenvalue weighted by Crippen LogP contribution is -2.34. The van der Waals surface area contributed by atoms with Gasteiger partial charge in [-0.15, -0.1) is 0 Å². The molecule has 0 spiro atoms.